The van der Waals surface area contributed by atoms with E-state index in [-0.39, 0.29) is 35.5 Å². The van der Waals surface area contributed by atoms with Gasteiger partial charge in [0, 0.05) is 13.0 Å². The van der Waals surface area contributed by atoms with E-state index in [9.17, 15) is 23.4 Å². The second-order valence-electron chi connectivity index (χ2n) is 12.6. The van der Waals surface area contributed by atoms with E-state index in [4.69, 9.17) is 4.55 Å². The lowest BCUT2D eigenvalue weighted by atomic mass is 9.43. The Kier molecular flexibility index (Phi) is 7.47. The van der Waals surface area contributed by atoms with Crippen molar-refractivity contribution in [3.8, 4) is 0 Å². The van der Waals surface area contributed by atoms with Crippen LogP contribution in [0.2, 0.25) is 0 Å². The summed E-state index contributed by atoms with van der Waals surface area (Å²) in [5, 5.41) is 24.2. The summed E-state index contributed by atoms with van der Waals surface area (Å²) in [6.07, 6.45) is 8.87. The second kappa shape index (κ2) is 9.64. The Morgan fingerprint density at radius 3 is 2.41 bits per heavy atom. The molecule has 4 aliphatic rings. The molecule has 196 valence electrons. The molecule has 0 aromatic heterocycles. The molecule has 4 saturated carbocycles. The van der Waals surface area contributed by atoms with Gasteiger partial charge in [0.15, 0.2) is 0 Å². The van der Waals surface area contributed by atoms with Crippen LogP contribution in [-0.2, 0) is 14.9 Å². The minimum Gasteiger partial charge on any atom is -0.393 e. The summed E-state index contributed by atoms with van der Waals surface area (Å²) in [6, 6.07) is 0. The zero-order valence-electron chi connectivity index (χ0n) is 21.1. The van der Waals surface area contributed by atoms with E-state index in [1.54, 1.807) is 0 Å². The third kappa shape index (κ3) is 4.94. The van der Waals surface area contributed by atoms with Crippen LogP contribution in [0.3, 0.4) is 0 Å². The van der Waals surface area contributed by atoms with Gasteiger partial charge in [-0.1, -0.05) is 20.8 Å². The van der Waals surface area contributed by atoms with Crippen molar-refractivity contribution in [1.82, 2.24) is 5.32 Å². The van der Waals surface area contributed by atoms with E-state index in [0.717, 1.165) is 51.4 Å². The third-order valence-corrected chi connectivity index (χ3v) is 11.6. The SMILES string of the molecule is C[C@@H](CCC(=O)NCCS(=O)(=O)O)[C@H]1CC[C@@H]2[C@@H]3[C@H](O)C[C@@H]4C[C@H](O)CC[C@]4(C)[C@@H]3CC[C@@]21C. The summed E-state index contributed by atoms with van der Waals surface area (Å²) in [5.41, 5.74) is 0.411. The molecule has 0 unspecified atom stereocenters. The van der Waals surface area contributed by atoms with E-state index in [2.05, 4.69) is 26.1 Å². The van der Waals surface area contributed by atoms with E-state index in [1.165, 1.54) is 6.42 Å². The maximum absolute atomic E-state index is 12.2. The summed E-state index contributed by atoms with van der Waals surface area (Å²) in [5.74, 6) is 2.10. The van der Waals surface area contributed by atoms with Crippen LogP contribution in [0.25, 0.3) is 0 Å². The highest BCUT2D eigenvalue weighted by Gasteiger charge is 2.62. The molecule has 0 saturated heterocycles. The van der Waals surface area contributed by atoms with Crippen molar-refractivity contribution in [2.45, 2.75) is 97.2 Å². The molecule has 0 spiro atoms. The van der Waals surface area contributed by atoms with E-state index in [0.29, 0.717) is 41.9 Å². The molecule has 0 aliphatic heterocycles. The molecule has 0 bridgehead atoms. The number of carbonyl (C=O) groups is 1. The molecule has 7 nitrogen and oxygen atoms in total. The Bertz CT molecular complexity index is 863. The highest BCUT2D eigenvalue weighted by Crippen LogP contribution is 2.68. The van der Waals surface area contributed by atoms with Gasteiger partial charge in [-0.3, -0.25) is 9.35 Å². The molecule has 0 aromatic carbocycles. The number of aliphatic hydroxyl groups excluding tert-OH is 2. The maximum atomic E-state index is 12.2. The summed E-state index contributed by atoms with van der Waals surface area (Å²) >= 11 is 0. The van der Waals surface area contributed by atoms with Gasteiger partial charge >= 0.3 is 0 Å². The van der Waals surface area contributed by atoms with Gasteiger partial charge in [-0.25, -0.2) is 0 Å². The Morgan fingerprint density at radius 1 is 1.03 bits per heavy atom. The molecular formula is C26H45NO6S. The predicted molar refractivity (Wildman–Crippen MR) is 130 cm³/mol. The number of nitrogens with one attached hydrogen (secondary N) is 1. The average molecular weight is 500 g/mol. The fourth-order valence-electron chi connectivity index (χ4n) is 9.14. The number of amides is 1. The maximum Gasteiger partial charge on any atom is 0.266 e. The standard InChI is InChI=1S/C26H45NO6S/c1-16(4-7-23(30)27-12-13-34(31,32)33)19-5-6-20-24-21(9-11-26(19,20)3)25(2)10-8-18(28)14-17(25)15-22(24)29/h16-22,24,28-29H,4-15H2,1-3H3,(H,27,30)(H,31,32,33)/t16-,17-,18+,19+,20+,21+,22+,24-,25-,26+/m0/s1. The lowest BCUT2D eigenvalue weighted by Crippen LogP contribution is -2.58. The number of hydrogen-bond donors (Lipinski definition) is 4. The van der Waals surface area contributed by atoms with E-state index in [1.807, 2.05) is 0 Å². The van der Waals surface area contributed by atoms with Gasteiger partial charge < -0.3 is 15.5 Å². The van der Waals surface area contributed by atoms with Gasteiger partial charge in [0.1, 0.15) is 0 Å². The van der Waals surface area contributed by atoms with Crippen LogP contribution < -0.4 is 5.32 Å². The van der Waals surface area contributed by atoms with Crippen molar-refractivity contribution in [3.63, 3.8) is 0 Å². The Balaban J connectivity index is 1.39. The molecule has 4 N–H and O–H groups in total. The molecule has 4 aliphatic carbocycles. The van der Waals surface area contributed by atoms with Crippen LogP contribution in [-0.4, -0.2) is 53.6 Å². The first kappa shape index (κ1) is 26.4. The summed E-state index contributed by atoms with van der Waals surface area (Å²) in [4.78, 5) is 12.2. The summed E-state index contributed by atoms with van der Waals surface area (Å²) in [7, 11) is -4.06. The normalized spacial score (nSPS) is 45.1. The van der Waals surface area contributed by atoms with Crippen molar-refractivity contribution in [2.75, 3.05) is 12.3 Å². The lowest BCUT2D eigenvalue weighted by molar-refractivity contribution is -0.174. The molecule has 4 rings (SSSR count). The Hall–Kier alpha value is -0.700. The molecule has 0 radical (unpaired) electrons. The van der Waals surface area contributed by atoms with Crippen molar-refractivity contribution in [2.24, 2.45) is 46.3 Å². The number of aliphatic hydroxyl groups is 2. The van der Waals surface area contributed by atoms with Crippen molar-refractivity contribution in [1.29, 1.82) is 0 Å². The van der Waals surface area contributed by atoms with Gasteiger partial charge in [0.2, 0.25) is 5.91 Å². The van der Waals surface area contributed by atoms with Crippen LogP contribution in [0, 0.1) is 46.3 Å². The highest BCUT2D eigenvalue weighted by molar-refractivity contribution is 7.85. The van der Waals surface area contributed by atoms with Crippen LogP contribution in [0.5, 0.6) is 0 Å². The van der Waals surface area contributed by atoms with E-state index < -0.39 is 15.9 Å². The van der Waals surface area contributed by atoms with Gasteiger partial charge in [-0.05, 0) is 104 Å². The first-order valence-electron chi connectivity index (χ1n) is 13.4. The van der Waals surface area contributed by atoms with Crippen LogP contribution in [0.1, 0.15) is 85.0 Å². The zero-order chi connectivity index (χ0) is 24.9. The third-order valence-electron chi connectivity index (χ3n) is 10.9. The summed E-state index contributed by atoms with van der Waals surface area (Å²) in [6.45, 7) is 7.05. The quantitative estimate of drug-likeness (QED) is 0.398. The van der Waals surface area contributed by atoms with Gasteiger partial charge in [-0.2, -0.15) is 8.42 Å². The smallest absolute Gasteiger partial charge is 0.266 e. The molecule has 0 aromatic rings. The van der Waals surface area contributed by atoms with Crippen molar-refractivity contribution < 1.29 is 28.0 Å². The molecule has 1 amide bonds. The van der Waals surface area contributed by atoms with Crippen molar-refractivity contribution >= 4 is 16.0 Å². The molecular weight excluding hydrogens is 454 g/mol. The van der Waals surface area contributed by atoms with Gasteiger partial charge in [0.25, 0.3) is 10.1 Å². The van der Waals surface area contributed by atoms with E-state index >= 15 is 0 Å². The molecule has 0 heterocycles. The topological polar surface area (TPSA) is 124 Å². The average Bonchev–Trinajstić information content (AvgIpc) is 3.09. The molecule has 10 atom stereocenters. The molecule has 8 heteroatoms. The minimum absolute atomic E-state index is 0.0625. The fourth-order valence-corrected chi connectivity index (χ4v) is 9.50. The van der Waals surface area contributed by atoms with Crippen LogP contribution >= 0.6 is 0 Å². The summed E-state index contributed by atoms with van der Waals surface area (Å²) < 4.78 is 30.5. The zero-order valence-corrected chi connectivity index (χ0v) is 21.9. The van der Waals surface area contributed by atoms with Crippen molar-refractivity contribution in [3.05, 3.63) is 0 Å². The van der Waals surface area contributed by atoms with Crippen LogP contribution in [0.15, 0.2) is 0 Å². The highest BCUT2D eigenvalue weighted by atomic mass is 32.2. The lowest BCUT2D eigenvalue weighted by Gasteiger charge is -2.62. The monoisotopic (exact) mass is 499 g/mol. The first-order chi connectivity index (χ1) is 15.8. The molecule has 34 heavy (non-hydrogen) atoms. The molecule has 4 fully saturated rings. The predicted octanol–water partition coefficient (Wildman–Crippen LogP) is 3.40. The second-order valence-corrected chi connectivity index (χ2v) is 14.2. The fraction of sp³-hybridized carbons (Fsp3) is 0.962. The number of hydrogen-bond acceptors (Lipinski definition) is 5. The number of fused-ring (bicyclic) bond motifs is 5. The largest absolute Gasteiger partial charge is 0.393 e. The Morgan fingerprint density at radius 2 is 1.71 bits per heavy atom. The first-order valence-corrected chi connectivity index (χ1v) is 15.0. The van der Waals surface area contributed by atoms with Gasteiger partial charge in [0.05, 0.1) is 18.0 Å². The Labute approximate surface area is 205 Å². The number of carbonyl (C=O) groups excluding carboxylic acids is 1. The van der Waals surface area contributed by atoms with Gasteiger partial charge in [-0.15, -0.1) is 0 Å². The number of rotatable bonds is 7. The van der Waals surface area contributed by atoms with Crippen LogP contribution in [0.4, 0.5) is 0 Å². The minimum atomic E-state index is -4.06.